The molecule has 3 rings (SSSR count). The van der Waals surface area contributed by atoms with E-state index in [1.807, 2.05) is 12.1 Å². The van der Waals surface area contributed by atoms with E-state index in [2.05, 4.69) is 20.6 Å². The average Bonchev–Trinajstić information content (AvgIpc) is 2.62. The van der Waals surface area contributed by atoms with Gasteiger partial charge in [0.15, 0.2) is 0 Å². The second-order valence-electron chi connectivity index (χ2n) is 5.08. The van der Waals surface area contributed by atoms with E-state index in [9.17, 15) is 9.18 Å². The van der Waals surface area contributed by atoms with Gasteiger partial charge in [0.25, 0.3) is 0 Å². The van der Waals surface area contributed by atoms with Crippen LogP contribution in [0.1, 0.15) is 0 Å². The van der Waals surface area contributed by atoms with Gasteiger partial charge in [-0.1, -0.05) is 0 Å². The van der Waals surface area contributed by atoms with Gasteiger partial charge in [-0.25, -0.2) is 4.39 Å². The van der Waals surface area contributed by atoms with Crippen molar-refractivity contribution in [1.82, 2.24) is 9.97 Å². The molecule has 0 saturated carbocycles. The minimum absolute atomic E-state index is 0.118. The second kappa shape index (κ2) is 7.32. The monoisotopic (exact) mass is 322 g/mol. The molecule has 3 aromatic rings. The number of anilines is 2. The molecule has 1 amide bonds. The number of hydrogen-bond donors (Lipinski definition) is 2. The Morgan fingerprint density at radius 3 is 2.50 bits per heavy atom. The number of aromatic nitrogens is 2. The number of rotatable bonds is 5. The van der Waals surface area contributed by atoms with Crippen molar-refractivity contribution in [2.75, 3.05) is 17.2 Å². The SMILES string of the molecule is O=C(CNc1ccc(-c2ccc(F)cc2)nc1)Nc1cccnc1. The van der Waals surface area contributed by atoms with E-state index in [0.717, 1.165) is 16.9 Å². The van der Waals surface area contributed by atoms with Crippen LogP contribution >= 0.6 is 0 Å². The van der Waals surface area contributed by atoms with Gasteiger partial charge in [-0.15, -0.1) is 0 Å². The number of benzene rings is 1. The highest BCUT2D eigenvalue weighted by molar-refractivity contribution is 5.93. The summed E-state index contributed by atoms with van der Waals surface area (Å²) < 4.78 is 12.9. The largest absolute Gasteiger partial charge is 0.375 e. The molecule has 0 atom stereocenters. The first-order valence-corrected chi connectivity index (χ1v) is 7.36. The zero-order valence-electron chi connectivity index (χ0n) is 12.7. The fourth-order valence-electron chi connectivity index (χ4n) is 2.11. The molecule has 0 aliphatic rings. The highest BCUT2D eigenvalue weighted by atomic mass is 19.1. The third-order valence-corrected chi connectivity index (χ3v) is 3.30. The van der Waals surface area contributed by atoms with Crippen molar-refractivity contribution < 1.29 is 9.18 Å². The molecule has 0 aliphatic heterocycles. The summed E-state index contributed by atoms with van der Waals surface area (Å²) in [7, 11) is 0. The van der Waals surface area contributed by atoms with Crippen LogP contribution in [0.15, 0.2) is 67.1 Å². The molecule has 0 unspecified atom stereocenters. The van der Waals surface area contributed by atoms with Crippen LogP contribution in [0.3, 0.4) is 0 Å². The number of halogens is 1. The Bertz CT molecular complexity index is 805. The van der Waals surface area contributed by atoms with E-state index >= 15 is 0 Å². The number of amides is 1. The lowest BCUT2D eigenvalue weighted by Crippen LogP contribution is -2.21. The van der Waals surface area contributed by atoms with Crippen LogP contribution in [-0.2, 0) is 4.79 Å². The summed E-state index contributed by atoms with van der Waals surface area (Å²) in [4.78, 5) is 20.1. The molecule has 2 heterocycles. The van der Waals surface area contributed by atoms with Crippen LogP contribution in [0.4, 0.5) is 15.8 Å². The zero-order chi connectivity index (χ0) is 16.8. The molecule has 0 aliphatic carbocycles. The Hall–Kier alpha value is -3.28. The first-order chi connectivity index (χ1) is 11.7. The number of nitrogens with zero attached hydrogens (tertiary/aromatic N) is 2. The van der Waals surface area contributed by atoms with Gasteiger partial charge in [0.1, 0.15) is 5.82 Å². The molecular formula is C18H15FN4O. The van der Waals surface area contributed by atoms with Gasteiger partial charge in [-0.2, -0.15) is 0 Å². The lowest BCUT2D eigenvalue weighted by Gasteiger charge is -2.08. The van der Waals surface area contributed by atoms with Crippen LogP contribution in [0, 0.1) is 5.82 Å². The van der Waals surface area contributed by atoms with Gasteiger partial charge in [-0.05, 0) is 48.5 Å². The summed E-state index contributed by atoms with van der Waals surface area (Å²) >= 11 is 0. The number of hydrogen-bond acceptors (Lipinski definition) is 4. The maximum atomic E-state index is 12.9. The molecule has 5 nitrogen and oxygen atoms in total. The van der Waals surface area contributed by atoms with Crippen LogP contribution in [0.2, 0.25) is 0 Å². The molecule has 0 spiro atoms. The maximum absolute atomic E-state index is 12.9. The number of carbonyl (C=O) groups excluding carboxylic acids is 1. The quantitative estimate of drug-likeness (QED) is 0.756. The van der Waals surface area contributed by atoms with Crippen molar-refractivity contribution in [3.05, 3.63) is 72.9 Å². The van der Waals surface area contributed by atoms with Crippen molar-refractivity contribution >= 4 is 17.3 Å². The average molecular weight is 322 g/mol. The van der Waals surface area contributed by atoms with Crippen molar-refractivity contribution in [3.63, 3.8) is 0 Å². The van der Waals surface area contributed by atoms with Crippen LogP contribution < -0.4 is 10.6 Å². The van der Waals surface area contributed by atoms with E-state index in [-0.39, 0.29) is 18.3 Å². The number of nitrogens with one attached hydrogen (secondary N) is 2. The Morgan fingerprint density at radius 2 is 1.83 bits per heavy atom. The van der Waals surface area contributed by atoms with E-state index in [1.165, 1.54) is 12.1 Å². The van der Waals surface area contributed by atoms with E-state index in [4.69, 9.17) is 0 Å². The van der Waals surface area contributed by atoms with Gasteiger partial charge in [0.05, 0.1) is 36.0 Å². The van der Waals surface area contributed by atoms with Gasteiger partial charge >= 0.3 is 0 Å². The summed E-state index contributed by atoms with van der Waals surface area (Å²) in [6.45, 7) is 0.118. The Kier molecular flexibility index (Phi) is 4.76. The fourth-order valence-corrected chi connectivity index (χ4v) is 2.11. The normalized spacial score (nSPS) is 10.2. The van der Waals surface area contributed by atoms with Crippen LogP contribution in [0.5, 0.6) is 0 Å². The first kappa shape index (κ1) is 15.6. The predicted molar refractivity (Wildman–Crippen MR) is 91.0 cm³/mol. The van der Waals surface area contributed by atoms with Gasteiger partial charge < -0.3 is 10.6 Å². The molecule has 0 radical (unpaired) electrons. The lowest BCUT2D eigenvalue weighted by molar-refractivity contribution is -0.114. The third-order valence-electron chi connectivity index (χ3n) is 3.30. The summed E-state index contributed by atoms with van der Waals surface area (Å²) in [5, 5.41) is 5.73. The molecular weight excluding hydrogens is 307 g/mol. The summed E-state index contributed by atoms with van der Waals surface area (Å²) in [6.07, 6.45) is 4.86. The van der Waals surface area contributed by atoms with Crippen LogP contribution in [-0.4, -0.2) is 22.4 Å². The molecule has 0 fully saturated rings. The standard InChI is InChI=1S/C18H15FN4O/c19-14-5-3-13(4-6-14)17-8-7-15(11-22-17)21-12-18(24)23-16-2-1-9-20-10-16/h1-11,21H,12H2,(H,23,24). The smallest absolute Gasteiger partial charge is 0.243 e. The third kappa shape index (κ3) is 4.13. The Balaban J connectivity index is 1.56. The molecule has 6 heteroatoms. The van der Waals surface area contributed by atoms with Gasteiger partial charge in [-0.3, -0.25) is 14.8 Å². The van der Waals surface area contributed by atoms with E-state index in [0.29, 0.717) is 5.69 Å². The zero-order valence-corrected chi connectivity index (χ0v) is 12.7. The molecule has 0 bridgehead atoms. The first-order valence-electron chi connectivity index (χ1n) is 7.36. The maximum Gasteiger partial charge on any atom is 0.243 e. The second-order valence-corrected chi connectivity index (χ2v) is 5.08. The molecule has 2 N–H and O–H groups in total. The highest BCUT2D eigenvalue weighted by Crippen LogP contribution is 2.18. The Labute approximate surface area is 138 Å². The van der Waals surface area contributed by atoms with Gasteiger partial charge in [0, 0.05) is 11.8 Å². The number of carbonyl (C=O) groups is 1. The molecule has 2 aromatic heterocycles. The minimum atomic E-state index is -0.281. The van der Waals surface area contributed by atoms with Crippen molar-refractivity contribution in [1.29, 1.82) is 0 Å². The Morgan fingerprint density at radius 1 is 1.00 bits per heavy atom. The summed E-state index contributed by atoms with van der Waals surface area (Å²) in [6, 6.07) is 13.3. The minimum Gasteiger partial charge on any atom is -0.375 e. The molecule has 1 aromatic carbocycles. The number of pyridine rings is 2. The topological polar surface area (TPSA) is 66.9 Å². The van der Waals surface area contributed by atoms with Crippen LogP contribution in [0.25, 0.3) is 11.3 Å². The molecule has 0 saturated heterocycles. The summed E-state index contributed by atoms with van der Waals surface area (Å²) in [5.74, 6) is -0.456. The van der Waals surface area contributed by atoms with Crippen molar-refractivity contribution in [2.24, 2.45) is 0 Å². The predicted octanol–water partition coefficient (Wildman–Crippen LogP) is 3.33. The molecule has 24 heavy (non-hydrogen) atoms. The van der Waals surface area contributed by atoms with Crippen molar-refractivity contribution in [3.8, 4) is 11.3 Å². The fraction of sp³-hybridized carbons (Fsp3) is 0.0556. The lowest BCUT2D eigenvalue weighted by atomic mass is 10.1. The van der Waals surface area contributed by atoms with Gasteiger partial charge in [0.2, 0.25) is 5.91 Å². The van der Waals surface area contributed by atoms with E-state index in [1.54, 1.807) is 42.9 Å². The molecule has 120 valence electrons. The summed E-state index contributed by atoms with van der Waals surface area (Å²) in [5.41, 5.74) is 2.94. The van der Waals surface area contributed by atoms with E-state index < -0.39 is 0 Å². The highest BCUT2D eigenvalue weighted by Gasteiger charge is 2.04. The van der Waals surface area contributed by atoms with Crippen molar-refractivity contribution in [2.45, 2.75) is 0 Å².